The molecule has 2 aromatic rings. The van der Waals surface area contributed by atoms with Gasteiger partial charge in [0.2, 0.25) is 21.5 Å². The van der Waals surface area contributed by atoms with Gasteiger partial charge in [0.25, 0.3) is 10.1 Å². The molecule has 0 fully saturated rings. The number of aliphatic hydroxyl groups excluding tert-OH is 1. The van der Waals surface area contributed by atoms with Crippen LogP contribution in [0.4, 0.5) is 11.4 Å². The standard InChI is InChI=1S/C29H32N2O8S3/c1-29(2)22-18-20(30-27(33)19-40-16-15-32)12-13-23(22)31(14-7-17-41(35,36)37)26(29)11-6-5-10-25-28(34)21-8-3-4-9-24(21)42(25,38)39/h3-6,8-13,18,32H,7,14-17,19H2,1-2H3,(H,30,33)(H,35,36,37). The van der Waals surface area contributed by atoms with E-state index in [0.29, 0.717) is 11.4 Å². The Morgan fingerprint density at radius 3 is 2.52 bits per heavy atom. The van der Waals surface area contributed by atoms with E-state index in [1.54, 1.807) is 30.4 Å². The molecule has 0 saturated carbocycles. The lowest BCUT2D eigenvalue weighted by Crippen LogP contribution is -2.28. The van der Waals surface area contributed by atoms with Crippen LogP contribution in [0.5, 0.6) is 0 Å². The van der Waals surface area contributed by atoms with Gasteiger partial charge in [-0.05, 0) is 54.5 Å². The zero-order chi connectivity index (χ0) is 30.7. The van der Waals surface area contributed by atoms with Gasteiger partial charge >= 0.3 is 0 Å². The summed E-state index contributed by atoms with van der Waals surface area (Å²) in [7, 11) is -8.08. The molecule has 4 rings (SSSR count). The van der Waals surface area contributed by atoms with Gasteiger partial charge in [0.15, 0.2) is 0 Å². The number of nitrogens with one attached hydrogen (secondary N) is 1. The first kappa shape index (κ1) is 31.7. The molecule has 0 radical (unpaired) electrons. The van der Waals surface area contributed by atoms with Crippen molar-refractivity contribution in [2.24, 2.45) is 0 Å². The highest BCUT2D eigenvalue weighted by molar-refractivity contribution is 8.00. The van der Waals surface area contributed by atoms with Crippen molar-refractivity contribution in [3.05, 3.63) is 88.5 Å². The summed E-state index contributed by atoms with van der Waals surface area (Å²) in [4.78, 5) is 26.7. The van der Waals surface area contributed by atoms with Crippen molar-refractivity contribution < 1.29 is 36.1 Å². The summed E-state index contributed by atoms with van der Waals surface area (Å²) in [5.41, 5.74) is 2.56. The average Bonchev–Trinajstić information content (AvgIpc) is 3.24. The van der Waals surface area contributed by atoms with Crippen molar-refractivity contribution in [2.45, 2.75) is 30.6 Å². The summed E-state index contributed by atoms with van der Waals surface area (Å²) in [5, 5.41) is 11.8. The third kappa shape index (κ3) is 6.70. The van der Waals surface area contributed by atoms with Crippen LogP contribution in [0, 0.1) is 0 Å². The highest BCUT2D eigenvalue weighted by Crippen LogP contribution is 2.48. The van der Waals surface area contributed by atoms with E-state index in [1.807, 2.05) is 30.9 Å². The number of allylic oxidation sites excluding steroid dienone is 6. The number of fused-ring (bicyclic) bond motifs is 2. The van der Waals surface area contributed by atoms with Gasteiger partial charge in [0.1, 0.15) is 4.91 Å². The monoisotopic (exact) mass is 632 g/mol. The van der Waals surface area contributed by atoms with Crippen LogP contribution in [-0.2, 0) is 30.2 Å². The third-order valence-corrected chi connectivity index (χ3v) is 10.6. The SMILES string of the molecule is CC1(C)C(=CC=CC=C2C(=O)c3ccccc3S2(=O)=O)N(CCCS(=O)(=O)O)c2ccc(NC(=O)CSCCO)cc21. The second-order valence-electron chi connectivity index (χ2n) is 10.3. The molecule has 0 atom stereocenters. The number of anilines is 2. The molecule has 2 heterocycles. The Morgan fingerprint density at radius 1 is 1.12 bits per heavy atom. The molecule has 1 amide bonds. The molecule has 0 aromatic heterocycles. The van der Waals surface area contributed by atoms with Gasteiger partial charge in [-0.2, -0.15) is 8.42 Å². The molecule has 10 nitrogen and oxygen atoms in total. The first-order valence-electron chi connectivity index (χ1n) is 13.1. The molecule has 0 unspecified atom stereocenters. The second kappa shape index (κ2) is 12.6. The van der Waals surface area contributed by atoms with Gasteiger partial charge in [-0.3, -0.25) is 14.1 Å². The number of rotatable bonds is 11. The maximum Gasteiger partial charge on any atom is 0.264 e. The van der Waals surface area contributed by atoms with Crippen LogP contribution < -0.4 is 10.2 Å². The molecular formula is C29H32N2O8S3. The van der Waals surface area contributed by atoms with E-state index in [1.165, 1.54) is 36.0 Å². The Hall–Kier alpha value is -3.23. The Labute approximate surface area is 249 Å². The normalized spacial score (nSPS) is 19.0. The smallest absolute Gasteiger partial charge is 0.264 e. The summed E-state index contributed by atoms with van der Waals surface area (Å²) in [6.07, 6.45) is 6.29. The fourth-order valence-electron chi connectivity index (χ4n) is 5.04. The lowest BCUT2D eigenvalue weighted by molar-refractivity contribution is -0.113. The minimum absolute atomic E-state index is 0.0136. The summed E-state index contributed by atoms with van der Waals surface area (Å²) in [5.74, 6) is -0.548. The van der Waals surface area contributed by atoms with Crippen molar-refractivity contribution in [1.82, 2.24) is 0 Å². The average molecular weight is 633 g/mol. The zero-order valence-electron chi connectivity index (χ0n) is 23.1. The predicted molar refractivity (Wildman–Crippen MR) is 164 cm³/mol. The van der Waals surface area contributed by atoms with Gasteiger partial charge in [-0.1, -0.05) is 38.1 Å². The van der Waals surface area contributed by atoms with Gasteiger partial charge in [0, 0.05) is 40.3 Å². The van der Waals surface area contributed by atoms with Crippen molar-refractivity contribution in [1.29, 1.82) is 0 Å². The van der Waals surface area contributed by atoms with Crippen LogP contribution in [0.2, 0.25) is 0 Å². The summed E-state index contributed by atoms with van der Waals surface area (Å²) >= 11 is 1.31. The van der Waals surface area contributed by atoms with Crippen LogP contribution in [-0.4, -0.2) is 68.6 Å². The number of hydrogen-bond acceptors (Lipinski definition) is 9. The molecule has 2 aliphatic rings. The van der Waals surface area contributed by atoms with E-state index in [4.69, 9.17) is 5.11 Å². The van der Waals surface area contributed by atoms with Crippen LogP contribution in [0.3, 0.4) is 0 Å². The number of hydrogen-bond donors (Lipinski definition) is 3. The lowest BCUT2D eigenvalue weighted by atomic mass is 9.83. The molecule has 42 heavy (non-hydrogen) atoms. The highest BCUT2D eigenvalue weighted by Gasteiger charge is 2.40. The Morgan fingerprint density at radius 2 is 1.83 bits per heavy atom. The number of amides is 1. The Bertz CT molecular complexity index is 1710. The van der Waals surface area contributed by atoms with Gasteiger partial charge < -0.3 is 15.3 Å². The number of benzene rings is 2. The third-order valence-electron chi connectivity index (χ3n) is 6.98. The highest BCUT2D eigenvalue weighted by atomic mass is 32.2. The summed E-state index contributed by atoms with van der Waals surface area (Å²) < 4.78 is 57.7. The number of carbonyl (C=O) groups excluding carboxylic acids is 2. The molecule has 0 aliphatic carbocycles. The lowest BCUT2D eigenvalue weighted by Gasteiger charge is -2.27. The Balaban J connectivity index is 1.64. The number of thioether (sulfide) groups is 1. The van der Waals surface area contributed by atoms with Gasteiger partial charge in [-0.25, -0.2) is 8.42 Å². The quantitative estimate of drug-likeness (QED) is 0.189. The maximum absolute atomic E-state index is 12.9. The van der Waals surface area contributed by atoms with E-state index in [9.17, 15) is 31.0 Å². The van der Waals surface area contributed by atoms with Crippen LogP contribution in [0.1, 0.15) is 36.2 Å². The fourth-order valence-corrected chi connectivity index (χ4v) is 7.62. The summed E-state index contributed by atoms with van der Waals surface area (Å²) in [6, 6.07) is 11.5. The molecule has 2 aliphatic heterocycles. The topological polar surface area (TPSA) is 158 Å². The predicted octanol–water partition coefficient (Wildman–Crippen LogP) is 3.72. The molecule has 0 spiro atoms. The Kier molecular flexibility index (Phi) is 9.48. The zero-order valence-corrected chi connectivity index (χ0v) is 25.6. The van der Waals surface area contributed by atoms with Crippen molar-refractivity contribution >= 4 is 54.8 Å². The second-order valence-corrected chi connectivity index (χ2v) is 14.8. The molecule has 3 N–H and O–H groups in total. The molecule has 0 saturated heterocycles. The van der Waals surface area contributed by atoms with E-state index < -0.39 is 36.9 Å². The number of aliphatic hydroxyl groups is 1. The maximum atomic E-state index is 12.9. The van der Waals surface area contributed by atoms with Crippen molar-refractivity contribution in [2.75, 3.05) is 40.6 Å². The van der Waals surface area contributed by atoms with E-state index in [2.05, 4.69) is 5.32 Å². The molecule has 2 aromatic carbocycles. The minimum Gasteiger partial charge on any atom is -0.396 e. The van der Waals surface area contributed by atoms with E-state index in [-0.39, 0.29) is 46.6 Å². The summed E-state index contributed by atoms with van der Waals surface area (Å²) in [6.45, 7) is 4.19. The fraction of sp³-hybridized carbons (Fsp3) is 0.310. The number of ketones is 1. The number of nitrogens with zero attached hydrogens (tertiary/aromatic N) is 1. The molecule has 224 valence electrons. The van der Waals surface area contributed by atoms with E-state index >= 15 is 0 Å². The minimum atomic E-state index is -4.16. The van der Waals surface area contributed by atoms with Gasteiger partial charge in [-0.15, -0.1) is 11.8 Å². The number of carbonyl (C=O) groups is 2. The molecule has 13 heteroatoms. The first-order valence-corrected chi connectivity index (χ1v) is 17.4. The van der Waals surface area contributed by atoms with Crippen molar-refractivity contribution in [3.63, 3.8) is 0 Å². The molecular weight excluding hydrogens is 601 g/mol. The largest absolute Gasteiger partial charge is 0.396 e. The van der Waals surface area contributed by atoms with Crippen molar-refractivity contribution in [3.8, 4) is 0 Å². The molecule has 0 bridgehead atoms. The van der Waals surface area contributed by atoms with Gasteiger partial charge in [0.05, 0.1) is 23.0 Å². The van der Waals surface area contributed by atoms with Crippen LogP contribution in [0.15, 0.2) is 82.3 Å². The van der Waals surface area contributed by atoms with Crippen LogP contribution in [0.25, 0.3) is 0 Å². The number of sulfone groups is 1. The van der Waals surface area contributed by atoms with E-state index in [0.717, 1.165) is 16.9 Å². The van der Waals surface area contributed by atoms with Crippen LogP contribution >= 0.6 is 11.8 Å². The first-order chi connectivity index (χ1) is 19.8. The number of Topliss-reactive ketones (excluding diaryl/α,β-unsaturated/α-hetero) is 1.